The van der Waals surface area contributed by atoms with E-state index < -0.39 is 0 Å². The van der Waals surface area contributed by atoms with Gasteiger partial charge in [-0.15, -0.1) is 11.3 Å². The van der Waals surface area contributed by atoms with Crippen molar-refractivity contribution in [3.8, 4) is 17.1 Å². The molecule has 3 aromatic heterocycles. The van der Waals surface area contributed by atoms with Crippen molar-refractivity contribution in [2.24, 2.45) is 0 Å². The quantitative estimate of drug-likeness (QED) is 0.384. The van der Waals surface area contributed by atoms with Gasteiger partial charge in [-0.2, -0.15) is 0 Å². The number of rotatable bonds is 5. The summed E-state index contributed by atoms with van der Waals surface area (Å²) in [6, 6.07) is 9.77. The molecule has 120 valence electrons. The summed E-state index contributed by atoms with van der Waals surface area (Å²) in [6.07, 6.45) is 3.34. The minimum atomic E-state index is 0.617. The Hall–Kier alpha value is -2.38. The van der Waals surface area contributed by atoms with Crippen molar-refractivity contribution in [3.05, 3.63) is 54.1 Å². The average molecular weight is 355 g/mol. The number of benzene rings is 1. The van der Waals surface area contributed by atoms with Gasteiger partial charge in [0.2, 0.25) is 5.89 Å². The number of nitrogens with zero attached hydrogens (tertiary/aromatic N) is 3. The molecule has 0 saturated carbocycles. The summed E-state index contributed by atoms with van der Waals surface area (Å²) in [5.41, 5.74) is 0.945. The van der Waals surface area contributed by atoms with Crippen molar-refractivity contribution in [2.75, 3.05) is 7.11 Å². The SMILES string of the molecule is COc1cccc(-c2cnc(CSc3ncnc4sccc34)o2)c1. The van der Waals surface area contributed by atoms with E-state index in [-0.39, 0.29) is 0 Å². The van der Waals surface area contributed by atoms with Gasteiger partial charge in [0.25, 0.3) is 0 Å². The van der Waals surface area contributed by atoms with Crippen molar-refractivity contribution < 1.29 is 9.15 Å². The molecule has 24 heavy (non-hydrogen) atoms. The Kier molecular flexibility index (Phi) is 4.18. The number of hydrogen-bond acceptors (Lipinski definition) is 7. The number of ether oxygens (including phenoxy) is 1. The molecule has 0 bridgehead atoms. The van der Waals surface area contributed by atoms with E-state index >= 15 is 0 Å². The van der Waals surface area contributed by atoms with Crippen LogP contribution in [0.5, 0.6) is 5.75 Å². The Morgan fingerprint density at radius 1 is 1.21 bits per heavy atom. The van der Waals surface area contributed by atoms with Gasteiger partial charge in [0.05, 0.1) is 19.1 Å². The molecule has 0 atom stereocenters. The van der Waals surface area contributed by atoms with Crippen molar-refractivity contribution in [1.82, 2.24) is 15.0 Å². The number of oxazole rings is 1. The maximum absolute atomic E-state index is 5.86. The highest BCUT2D eigenvalue weighted by Crippen LogP contribution is 2.31. The second-order valence-electron chi connectivity index (χ2n) is 4.96. The molecule has 0 aliphatic rings. The molecule has 0 saturated heterocycles. The topological polar surface area (TPSA) is 61.0 Å². The highest BCUT2D eigenvalue weighted by molar-refractivity contribution is 7.98. The monoisotopic (exact) mass is 355 g/mol. The lowest BCUT2D eigenvalue weighted by molar-refractivity contribution is 0.414. The van der Waals surface area contributed by atoms with Crippen LogP contribution >= 0.6 is 23.1 Å². The average Bonchev–Trinajstić information content (AvgIpc) is 3.29. The molecule has 3 heterocycles. The Morgan fingerprint density at radius 2 is 2.17 bits per heavy atom. The molecule has 0 aliphatic carbocycles. The maximum Gasteiger partial charge on any atom is 0.205 e. The zero-order chi connectivity index (χ0) is 16.4. The Balaban J connectivity index is 1.52. The van der Waals surface area contributed by atoms with Crippen LogP contribution in [0, 0.1) is 0 Å². The molecule has 4 aromatic rings. The maximum atomic E-state index is 5.86. The zero-order valence-corrected chi connectivity index (χ0v) is 14.4. The lowest BCUT2D eigenvalue weighted by Crippen LogP contribution is -1.85. The Bertz CT molecular complexity index is 981. The van der Waals surface area contributed by atoms with Gasteiger partial charge in [0.1, 0.15) is 21.9 Å². The zero-order valence-electron chi connectivity index (χ0n) is 12.8. The summed E-state index contributed by atoms with van der Waals surface area (Å²) < 4.78 is 11.1. The van der Waals surface area contributed by atoms with E-state index in [4.69, 9.17) is 9.15 Å². The van der Waals surface area contributed by atoms with Gasteiger partial charge in [-0.1, -0.05) is 23.9 Å². The highest BCUT2D eigenvalue weighted by atomic mass is 32.2. The molecular weight excluding hydrogens is 342 g/mol. The van der Waals surface area contributed by atoms with E-state index in [1.807, 2.05) is 35.7 Å². The van der Waals surface area contributed by atoms with Gasteiger partial charge in [-0.3, -0.25) is 0 Å². The van der Waals surface area contributed by atoms with Gasteiger partial charge < -0.3 is 9.15 Å². The van der Waals surface area contributed by atoms with E-state index in [9.17, 15) is 0 Å². The minimum Gasteiger partial charge on any atom is -0.497 e. The number of hydrogen-bond donors (Lipinski definition) is 0. The minimum absolute atomic E-state index is 0.617. The molecule has 0 unspecified atom stereocenters. The predicted molar refractivity (Wildman–Crippen MR) is 95.5 cm³/mol. The van der Waals surface area contributed by atoms with Gasteiger partial charge in [0, 0.05) is 10.9 Å². The molecule has 0 spiro atoms. The summed E-state index contributed by atoms with van der Waals surface area (Å²) >= 11 is 3.21. The number of aromatic nitrogens is 3. The van der Waals surface area contributed by atoms with E-state index in [1.54, 1.807) is 42.7 Å². The van der Waals surface area contributed by atoms with Gasteiger partial charge in [-0.25, -0.2) is 15.0 Å². The lowest BCUT2D eigenvalue weighted by atomic mass is 10.2. The number of methoxy groups -OCH3 is 1. The first kappa shape index (κ1) is 15.2. The van der Waals surface area contributed by atoms with Crippen molar-refractivity contribution >= 4 is 33.3 Å². The Morgan fingerprint density at radius 3 is 3.08 bits per heavy atom. The second kappa shape index (κ2) is 6.62. The van der Waals surface area contributed by atoms with Gasteiger partial charge >= 0.3 is 0 Å². The molecule has 0 fully saturated rings. The molecule has 4 rings (SSSR count). The van der Waals surface area contributed by atoms with Crippen LogP contribution < -0.4 is 4.74 Å². The van der Waals surface area contributed by atoms with Crippen LogP contribution in [-0.2, 0) is 5.75 Å². The van der Waals surface area contributed by atoms with E-state index in [0.29, 0.717) is 11.6 Å². The van der Waals surface area contributed by atoms with Crippen LogP contribution in [-0.4, -0.2) is 22.1 Å². The summed E-state index contributed by atoms with van der Waals surface area (Å²) in [4.78, 5) is 14.0. The summed E-state index contributed by atoms with van der Waals surface area (Å²) in [7, 11) is 1.65. The second-order valence-corrected chi connectivity index (χ2v) is 6.82. The summed E-state index contributed by atoms with van der Waals surface area (Å²) in [6.45, 7) is 0. The molecule has 0 radical (unpaired) electrons. The van der Waals surface area contributed by atoms with Crippen LogP contribution in [0.3, 0.4) is 0 Å². The molecule has 7 heteroatoms. The van der Waals surface area contributed by atoms with Crippen molar-refractivity contribution in [3.63, 3.8) is 0 Å². The first-order valence-electron chi connectivity index (χ1n) is 7.23. The number of fused-ring (bicyclic) bond motifs is 1. The van der Waals surface area contributed by atoms with E-state index in [1.165, 1.54) is 0 Å². The van der Waals surface area contributed by atoms with Crippen LogP contribution in [0.1, 0.15) is 5.89 Å². The van der Waals surface area contributed by atoms with Crippen molar-refractivity contribution in [1.29, 1.82) is 0 Å². The summed E-state index contributed by atoms with van der Waals surface area (Å²) in [5.74, 6) is 2.81. The third-order valence-corrected chi connectivity index (χ3v) is 5.28. The number of thioether (sulfide) groups is 1. The fourth-order valence-electron chi connectivity index (χ4n) is 2.30. The normalized spacial score (nSPS) is 11.0. The predicted octanol–water partition coefficient (Wildman–Crippen LogP) is 4.65. The molecule has 0 aliphatic heterocycles. The van der Waals surface area contributed by atoms with Crippen LogP contribution in [0.15, 0.2) is 57.7 Å². The third-order valence-electron chi connectivity index (χ3n) is 3.47. The van der Waals surface area contributed by atoms with E-state index in [0.717, 1.165) is 32.3 Å². The number of thiophene rings is 1. The smallest absolute Gasteiger partial charge is 0.205 e. The van der Waals surface area contributed by atoms with Crippen molar-refractivity contribution in [2.45, 2.75) is 10.8 Å². The fourth-order valence-corrected chi connectivity index (χ4v) is 3.93. The standard InChI is InChI=1S/C17H13N3O2S2/c1-21-12-4-2-3-11(7-12)14-8-18-15(22-14)9-24-17-13-5-6-23-16(13)19-10-20-17/h2-8,10H,9H2,1H3. The molecule has 1 aromatic carbocycles. The van der Waals surface area contributed by atoms with Gasteiger partial charge in [0.15, 0.2) is 5.76 Å². The van der Waals surface area contributed by atoms with E-state index in [2.05, 4.69) is 15.0 Å². The first-order chi connectivity index (χ1) is 11.8. The Labute approximate surface area is 146 Å². The molecular formula is C17H13N3O2S2. The van der Waals surface area contributed by atoms with Gasteiger partial charge in [-0.05, 0) is 23.6 Å². The molecule has 0 amide bonds. The first-order valence-corrected chi connectivity index (χ1v) is 9.10. The highest BCUT2D eigenvalue weighted by Gasteiger charge is 2.10. The lowest BCUT2D eigenvalue weighted by Gasteiger charge is -2.01. The largest absolute Gasteiger partial charge is 0.497 e. The third kappa shape index (κ3) is 3.00. The summed E-state index contributed by atoms with van der Waals surface area (Å²) in [5, 5.41) is 4.05. The van der Waals surface area contributed by atoms with Crippen LogP contribution in [0.4, 0.5) is 0 Å². The fraction of sp³-hybridized carbons (Fsp3) is 0.118. The molecule has 0 N–H and O–H groups in total. The molecule has 5 nitrogen and oxygen atoms in total. The van der Waals surface area contributed by atoms with Crippen LogP contribution in [0.25, 0.3) is 21.5 Å². The van der Waals surface area contributed by atoms with Crippen LogP contribution in [0.2, 0.25) is 0 Å².